The second-order valence-corrected chi connectivity index (χ2v) is 5.77. The normalized spacial score (nSPS) is 10.7. The zero-order valence-electron chi connectivity index (χ0n) is 12.3. The van der Waals surface area contributed by atoms with Crippen molar-refractivity contribution in [1.29, 1.82) is 0 Å². The summed E-state index contributed by atoms with van der Waals surface area (Å²) in [5, 5.41) is 3.86. The van der Waals surface area contributed by atoms with Gasteiger partial charge in [0.05, 0.1) is 0 Å². The summed E-state index contributed by atoms with van der Waals surface area (Å²) in [5.41, 5.74) is 2.55. The molecule has 0 saturated heterocycles. The van der Waals surface area contributed by atoms with Crippen LogP contribution in [-0.2, 0) is 4.79 Å². The van der Waals surface area contributed by atoms with Crippen molar-refractivity contribution in [3.05, 3.63) is 64.1 Å². The number of carbonyl (C=O) groups excluding carboxylic acids is 1. The maximum absolute atomic E-state index is 11.9. The topological polar surface area (TPSA) is 32.3 Å². The number of amides is 1. The summed E-state index contributed by atoms with van der Waals surface area (Å²) in [6.07, 6.45) is 3.09. The molecule has 0 saturated carbocycles. The maximum atomic E-state index is 11.9. The lowest BCUT2D eigenvalue weighted by atomic mass is 10.2. The van der Waals surface area contributed by atoms with Gasteiger partial charge < -0.3 is 10.2 Å². The molecule has 2 aromatic carbocycles. The third kappa shape index (κ3) is 4.52. The summed E-state index contributed by atoms with van der Waals surface area (Å²) < 4.78 is 0. The molecule has 0 heterocycles. The molecule has 0 unspecified atom stereocenters. The summed E-state index contributed by atoms with van der Waals surface area (Å²) in [6.45, 7) is 0. The van der Waals surface area contributed by atoms with Crippen LogP contribution in [0.15, 0.2) is 48.5 Å². The van der Waals surface area contributed by atoms with Crippen LogP contribution in [0.25, 0.3) is 6.08 Å². The Hall–Kier alpha value is -1.97. The summed E-state index contributed by atoms with van der Waals surface area (Å²) in [7, 11) is 3.93. The van der Waals surface area contributed by atoms with Gasteiger partial charge in [-0.2, -0.15) is 0 Å². The van der Waals surface area contributed by atoms with Crippen LogP contribution in [-0.4, -0.2) is 20.0 Å². The zero-order valence-corrected chi connectivity index (χ0v) is 13.8. The predicted molar refractivity (Wildman–Crippen MR) is 94.9 cm³/mol. The van der Waals surface area contributed by atoms with Crippen LogP contribution in [0, 0.1) is 0 Å². The molecule has 0 aliphatic heterocycles. The zero-order chi connectivity index (χ0) is 16.1. The average Bonchev–Trinajstić information content (AvgIpc) is 2.47. The lowest BCUT2D eigenvalue weighted by Crippen LogP contribution is -2.10. The first-order valence-corrected chi connectivity index (χ1v) is 7.43. The highest BCUT2D eigenvalue weighted by Gasteiger charge is 2.01. The van der Waals surface area contributed by atoms with Crippen LogP contribution in [0.3, 0.4) is 0 Å². The van der Waals surface area contributed by atoms with Crippen molar-refractivity contribution >= 4 is 46.6 Å². The van der Waals surface area contributed by atoms with Crippen molar-refractivity contribution in [2.75, 3.05) is 24.3 Å². The van der Waals surface area contributed by atoms with E-state index >= 15 is 0 Å². The number of benzene rings is 2. The number of nitrogens with zero attached hydrogens (tertiary/aromatic N) is 1. The van der Waals surface area contributed by atoms with Crippen LogP contribution in [0.4, 0.5) is 11.4 Å². The Morgan fingerprint density at radius 1 is 1.09 bits per heavy atom. The molecule has 1 N–H and O–H groups in total. The summed E-state index contributed by atoms with van der Waals surface area (Å²) in [4.78, 5) is 13.9. The number of halogens is 2. The van der Waals surface area contributed by atoms with Crippen LogP contribution >= 0.6 is 23.2 Å². The largest absolute Gasteiger partial charge is 0.378 e. The lowest BCUT2D eigenvalue weighted by Gasteiger charge is -2.12. The molecular weight excluding hydrogens is 319 g/mol. The van der Waals surface area contributed by atoms with Gasteiger partial charge in [0.1, 0.15) is 0 Å². The number of rotatable bonds is 4. The number of hydrogen-bond donors (Lipinski definition) is 1. The minimum absolute atomic E-state index is 0.219. The summed E-state index contributed by atoms with van der Waals surface area (Å²) >= 11 is 11.9. The number of anilines is 2. The van der Waals surface area contributed by atoms with Gasteiger partial charge in [0.2, 0.25) is 5.91 Å². The third-order valence-corrected chi connectivity index (χ3v) is 3.59. The van der Waals surface area contributed by atoms with E-state index in [2.05, 4.69) is 5.32 Å². The van der Waals surface area contributed by atoms with Gasteiger partial charge in [-0.25, -0.2) is 0 Å². The second kappa shape index (κ2) is 7.34. The molecule has 0 aromatic heterocycles. The van der Waals surface area contributed by atoms with Crippen LogP contribution < -0.4 is 10.2 Å². The van der Waals surface area contributed by atoms with E-state index in [1.165, 1.54) is 6.08 Å². The fourth-order valence-electron chi connectivity index (χ4n) is 1.83. The molecular formula is C17H16Cl2N2O. The van der Waals surface area contributed by atoms with Crippen molar-refractivity contribution < 1.29 is 4.79 Å². The van der Waals surface area contributed by atoms with Crippen LogP contribution in [0.5, 0.6) is 0 Å². The number of hydrogen-bond acceptors (Lipinski definition) is 2. The first-order valence-electron chi connectivity index (χ1n) is 6.67. The highest BCUT2D eigenvalue weighted by atomic mass is 35.5. The van der Waals surface area contributed by atoms with Gasteiger partial charge >= 0.3 is 0 Å². The maximum Gasteiger partial charge on any atom is 0.248 e. The second-order valence-electron chi connectivity index (χ2n) is 4.93. The molecule has 0 radical (unpaired) electrons. The van der Waals surface area contributed by atoms with Gasteiger partial charge in [0.15, 0.2) is 0 Å². The third-order valence-electron chi connectivity index (χ3n) is 3.03. The first kappa shape index (κ1) is 16.4. The number of carbonyl (C=O) groups is 1. The Kier molecular flexibility index (Phi) is 5.47. The predicted octanol–water partition coefficient (Wildman–Crippen LogP) is 4.71. The Morgan fingerprint density at radius 3 is 2.36 bits per heavy atom. The minimum atomic E-state index is -0.219. The van der Waals surface area contributed by atoms with E-state index in [4.69, 9.17) is 23.2 Å². The van der Waals surface area contributed by atoms with Gasteiger partial charge in [-0.05, 0) is 48.0 Å². The molecule has 114 valence electrons. The lowest BCUT2D eigenvalue weighted by molar-refractivity contribution is -0.111. The molecule has 2 rings (SSSR count). The molecule has 0 aliphatic carbocycles. The molecule has 22 heavy (non-hydrogen) atoms. The Morgan fingerprint density at radius 2 is 1.77 bits per heavy atom. The van der Waals surface area contributed by atoms with Crippen molar-refractivity contribution in [3.8, 4) is 0 Å². The highest BCUT2D eigenvalue weighted by Crippen LogP contribution is 2.22. The standard InChI is InChI=1S/C17H16Cl2N2O/c1-21(2)15-8-6-14(7-9-15)20-17(22)10-4-12-3-5-13(18)11-16(12)19/h3-11H,1-2H3,(H,20,22). The summed E-state index contributed by atoms with van der Waals surface area (Å²) in [5.74, 6) is -0.219. The van der Waals surface area contributed by atoms with E-state index in [0.29, 0.717) is 10.0 Å². The molecule has 0 atom stereocenters. The molecule has 3 nitrogen and oxygen atoms in total. The SMILES string of the molecule is CN(C)c1ccc(NC(=O)C=Cc2ccc(Cl)cc2Cl)cc1. The van der Waals surface area contributed by atoms with Gasteiger partial charge in [-0.1, -0.05) is 29.3 Å². The average molecular weight is 335 g/mol. The van der Waals surface area contributed by atoms with Crippen molar-refractivity contribution in [2.24, 2.45) is 0 Å². The minimum Gasteiger partial charge on any atom is -0.378 e. The van der Waals surface area contributed by atoms with Gasteiger partial charge in [-0.15, -0.1) is 0 Å². The molecule has 0 bridgehead atoms. The Labute approximate surface area is 140 Å². The number of nitrogens with one attached hydrogen (secondary N) is 1. The van der Waals surface area contributed by atoms with Crippen molar-refractivity contribution in [1.82, 2.24) is 0 Å². The van der Waals surface area contributed by atoms with E-state index in [1.807, 2.05) is 43.3 Å². The fraction of sp³-hybridized carbons (Fsp3) is 0.118. The van der Waals surface area contributed by atoms with E-state index in [-0.39, 0.29) is 5.91 Å². The molecule has 1 amide bonds. The monoisotopic (exact) mass is 334 g/mol. The molecule has 0 spiro atoms. The Balaban J connectivity index is 2.01. The van der Waals surface area contributed by atoms with Crippen LogP contribution in [0.2, 0.25) is 10.0 Å². The first-order chi connectivity index (χ1) is 10.5. The van der Waals surface area contributed by atoms with Gasteiger partial charge in [-0.3, -0.25) is 4.79 Å². The molecule has 2 aromatic rings. The smallest absolute Gasteiger partial charge is 0.248 e. The molecule has 5 heteroatoms. The van der Waals surface area contributed by atoms with Gasteiger partial charge in [0.25, 0.3) is 0 Å². The highest BCUT2D eigenvalue weighted by molar-refractivity contribution is 6.35. The van der Waals surface area contributed by atoms with E-state index in [1.54, 1.807) is 24.3 Å². The summed E-state index contributed by atoms with van der Waals surface area (Å²) in [6, 6.07) is 12.7. The fourth-order valence-corrected chi connectivity index (χ4v) is 2.30. The van der Waals surface area contributed by atoms with Crippen molar-refractivity contribution in [2.45, 2.75) is 0 Å². The van der Waals surface area contributed by atoms with E-state index in [9.17, 15) is 4.79 Å². The van der Waals surface area contributed by atoms with Crippen LogP contribution in [0.1, 0.15) is 5.56 Å². The van der Waals surface area contributed by atoms with E-state index in [0.717, 1.165) is 16.9 Å². The quantitative estimate of drug-likeness (QED) is 0.821. The van der Waals surface area contributed by atoms with Gasteiger partial charge in [0, 0.05) is 41.6 Å². The van der Waals surface area contributed by atoms with Crippen molar-refractivity contribution in [3.63, 3.8) is 0 Å². The Bertz CT molecular complexity index is 694. The molecule has 0 fully saturated rings. The van der Waals surface area contributed by atoms with E-state index < -0.39 is 0 Å². The molecule has 0 aliphatic rings.